The fourth-order valence-corrected chi connectivity index (χ4v) is 3.63. The maximum absolute atomic E-state index is 12.2. The third-order valence-corrected chi connectivity index (χ3v) is 4.68. The molecular formula is C13H12O2S2. The van der Waals surface area contributed by atoms with Crippen molar-refractivity contribution in [3.63, 3.8) is 0 Å². The summed E-state index contributed by atoms with van der Waals surface area (Å²) < 4.78 is 24.3. The highest BCUT2D eigenvalue weighted by Gasteiger charge is 2.17. The largest absolute Gasteiger partial charge is 0.223 e. The van der Waals surface area contributed by atoms with Crippen LogP contribution in [-0.2, 0) is 15.6 Å². The van der Waals surface area contributed by atoms with Gasteiger partial charge in [-0.1, -0.05) is 42.5 Å². The van der Waals surface area contributed by atoms with Crippen LogP contribution in [0.25, 0.3) is 0 Å². The number of thiol groups is 1. The van der Waals surface area contributed by atoms with E-state index in [-0.39, 0.29) is 10.6 Å². The van der Waals surface area contributed by atoms with Crippen LogP contribution in [-0.4, -0.2) is 8.42 Å². The minimum Gasteiger partial charge on any atom is -0.223 e. The van der Waals surface area contributed by atoms with Gasteiger partial charge in [-0.25, -0.2) is 8.42 Å². The van der Waals surface area contributed by atoms with Gasteiger partial charge in [-0.2, -0.15) is 0 Å². The molecule has 2 rings (SSSR count). The summed E-state index contributed by atoms with van der Waals surface area (Å²) in [6, 6.07) is 15.9. The summed E-state index contributed by atoms with van der Waals surface area (Å²) in [6.07, 6.45) is 0. The lowest BCUT2D eigenvalue weighted by Gasteiger charge is -2.06. The maximum atomic E-state index is 12.2. The average molecular weight is 264 g/mol. The lowest BCUT2D eigenvalue weighted by Crippen LogP contribution is -2.05. The summed E-state index contributed by atoms with van der Waals surface area (Å²) in [5.41, 5.74) is 0.782. The lowest BCUT2D eigenvalue weighted by molar-refractivity contribution is 0.593. The first-order valence-electron chi connectivity index (χ1n) is 5.14. The molecule has 4 heteroatoms. The molecule has 0 radical (unpaired) electrons. The molecule has 0 N–H and O–H groups in total. The van der Waals surface area contributed by atoms with Crippen molar-refractivity contribution in [2.24, 2.45) is 0 Å². The van der Waals surface area contributed by atoms with Crippen molar-refractivity contribution in [1.29, 1.82) is 0 Å². The molecule has 0 aromatic heterocycles. The van der Waals surface area contributed by atoms with Crippen LogP contribution >= 0.6 is 12.6 Å². The molecule has 0 aliphatic rings. The molecule has 2 aromatic carbocycles. The monoisotopic (exact) mass is 264 g/mol. The molecule has 2 aromatic rings. The van der Waals surface area contributed by atoms with Crippen LogP contribution in [0.5, 0.6) is 0 Å². The molecular weight excluding hydrogens is 252 g/mol. The molecule has 0 aliphatic carbocycles. The predicted octanol–water partition coefficient (Wildman–Crippen LogP) is 2.95. The first-order chi connectivity index (χ1) is 8.09. The van der Waals surface area contributed by atoms with Gasteiger partial charge in [0.15, 0.2) is 9.84 Å². The normalized spacial score (nSPS) is 11.4. The Morgan fingerprint density at radius 1 is 0.882 bits per heavy atom. The molecule has 0 amide bonds. The van der Waals surface area contributed by atoms with Crippen molar-refractivity contribution in [1.82, 2.24) is 0 Å². The first-order valence-corrected chi connectivity index (χ1v) is 7.24. The Hall–Kier alpha value is -1.26. The number of hydrogen-bond acceptors (Lipinski definition) is 3. The van der Waals surface area contributed by atoms with Crippen molar-refractivity contribution < 1.29 is 8.42 Å². The highest BCUT2D eigenvalue weighted by molar-refractivity contribution is 7.91. The van der Waals surface area contributed by atoms with Crippen molar-refractivity contribution >= 4 is 22.5 Å². The Morgan fingerprint density at radius 3 is 2.12 bits per heavy atom. The smallest absolute Gasteiger partial charge is 0.183 e. The van der Waals surface area contributed by atoms with Crippen LogP contribution in [0.15, 0.2) is 64.4 Å². The maximum Gasteiger partial charge on any atom is 0.183 e. The van der Waals surface area contributed by atoms with E-state index in [0.29, 0.717) is 4.90 Å². The molecule has 0 atom stereocenters. The highest BCUT2D eigenvalue weighted by Crippen LogP contribution is 2.22. The van der Waals surface area contributed by atoms with E-state index in [1.54, 1.807) is 36.4 Å². The Bertz CT molecular complexity index is 604. The zero-order valence-corrected chi connectivity index (χ0v) is 10.8. The van der Waals surface area contributed by atoms with E-state index in [0.717, 1.165) is 5.56 Å². The van der Waals surface area contributed by atoms with Gasteiger partial charge in [0.1, 0.15) is 0 Å². The Labute approximate surface area is 107 Å². The van der Waals surface area contributed by atoms with E-state index in [1.807, 2.05) is 18.2 Å². The summed E-state index contributed by atoms with van der Waals surface area (Å²) >= 11 is 4.18. The number of sulfone groups is 1. The topological polar surface area (TPSA) is 34.1 Å². The van der Waals surface area contributed by atoms with Gasteiger partial charge >= 0.3 is 0 Å². The van der Waals surface area contributed by atoms with Gasteiger partial charge in [-0.3, -0.25) is 0 Å². The Morgan fingerprint density at radius 2 is 1.47 bits per heavy atom. The van der Waals surface area contributed by atoms with Gasteiger partial charge in [0, 0.05) is 4.90 Å². The number of benzene rings is 2. The fraction of sp³-hybridized carbons (Fsp3) is 0.0769. The second kappa shape index (κ2) is 4.94. The molecule has 0 saturated carbocycles. The molecule has 0 heterocycles. The van der Waals surface area contributed by atoms with Gasteiger partial charge in [-0.15, -0.1) is 12.6 Å². The SMILES string of the molecule is O=S(=O)(Cc1ccccc1)c1ccccc1S. The summed E-state index contributed by atoms with van der Waals surface area (Å²) in [4.78, 5) is 0.774. The van der Waals surface area contributed by atoms with Crippen LogP contribution < -0.4 is 0 Å². The quantitative estimate of drug-likeness (QED) is 0.865. The molecule has 0 aliphatic heterocycles. The molecule has 0 saturated heterocycles. The van der Waals surface area contributed by atoms with Crippen LogP contribution in [0, 0.1) is 0 Å². The molecule has 0 bridgehead atoms. The first kappa shape index (κ1) is 12.2. The Balaban J connectivity index is 2.36. The third-order valence-electron chi connectivity index (χ3n) is 2.40. The zero-order valence-electron chi connectivity index (χ0n) is 9.08. The number of rotatable bonds is 3. The molecule has 2 nitrogen and oxygen atoms in total. The highest BCUT2D eigenvalue weighted by atomic mass is 32.2. The van der Waals surface area contributed by atoms with Crippen LogP contribution in [0.1, 0.15) is 5.56 Å². The van der Waals surface area contributed by atoms with E-state index in [9.17, 15) is 8.42 Å². The summed E-state index contributed by atoms with van der Waals surface area (Å²) in [5.74, 6) is 0.00537. The van der Waals surface area contributed by atoms with Gasteiger partial charge in [-0.05, 0) is 17.7 Å². The summed E-state index contributed by atoms with van der Waals surface area (Å²) in [7, 11) is -3.32. The standard InChI is InChI=1S/C13H12O2S2/c14-17(15,10-11-6-2-1-3-7-11)13-9-5-4-8-12(13)16/h1-9,16H,10H2. The average Bonchev–Trinajstić information content (AvgIpc) is 2.30. The van der Waals surface area contributed by atoms with E-state index in [2.05, 4.69) is 12.6 Å². The van der Waals surface area contributed by atoms with Crippen LogP contribution in [0.2, 0.25) is 0 Å². The summed E-state index contributed by atoms with van der Waals surface area (Å²) in [6.45, 7) is 0. The van der Waals surface area contributed by atoms with Crippen molar-refractivity contribution in [3.05, 3.63) is 60.2 Å². The third kappa shape index (κ3) is 2.90. The van der Waals surface area contributed by atoms with E-state index >= 15 is 0 Å². The molecule has 0 spiro atoms. The minimum atomic E-state index is -3.32. The summed E-state index contributed by atoms with van der Waals surface area (Å²) in [5, 5.41) is 0. The van der Waals surface area contributed by atoms with E-state index in [4.69, 9.17) is 0 Å². The fourth-order valence-electron chi connectivity index (χ4n) is 1.59. The van der Waals surface area contributed by atoms with E-state index in [1.165, 1.54) is 0 Å². The molecule has 88 valence electrons. The number of hydrogen-bond donors (Lipinski definition) is 1. The molecule has 0 fully saturated rings. The van der Waals surface area contributed by atoms with Crippen molar-refractivity contribution in [3.8, 4) is 0 Å². The van der Waals surface area contributed by atoms with E-state index < -0.39 is 9.84 Å². The predicted molar refractivity (Wildman–Crippen MR) is 71.0 cm³/mol. The van der Waals surface area contributed by atoms with Crippen LogP contribution in [0.4, 0.5) is 0 Å². The van der Waals surface area contributed by atoms with Crippen LogP contribution in [0.3, 0.4) is 0 Å². The minimum absolute atomic E-state index is 0.00537. The molecule has 17 heavy (non-hydrogen) atoms. The second-order valence-corrected chi connectivity index (χ2v) is 6.15. The van der Waals surface area contributed by atoms with Gasteiger partial charge in [0.05, 0.1) is 10.6 Å². The lowest BCUT2D eigenvalue weighted by atomic mass is 10.2. The van der Waals surface area contributed by atoms with Crippen molar-refractivity contribution in [2.45, 2.75) is 15.5 Å². The molecule has 0 unspecified atom stereocenters. The van der Waals surface area contributed by atoms with Gasteiger partial charge in [0.2, 0.25) is 0 Å². The van der Waals surface area contributed by atoms with Gasteiger partial charge in [0.25, 0.3) is 0 Å². The van der Waals surface area contributed by atoms with Crippen molar-refractivity contribution in [2.75, 3.05) is 0 Å². The zero-order chi connectivity index (χ0) is 12.3. The Kier molecular flexibility index (Phi) is 3.54. The second-order valence-electron chi connectivity index (χ2n) is 3.71. The van der Waals surface area contributed by atoms with Gasteiger partial charge < -0.3 is 0 Å².